The molecule has 1 atom stereocenters. The maximum atomic E-state index is 12.6. The van der Waals surface area contributed by atoms with Crippen LogP contribution < -0.4 is 5.32 Å². The molecular weight excluding hydrogens is 314 g/mol. The molecule has 1 unspecified atom stereocenters. The van der Waals surface area contributed by atoms with Crippen molar-refractivity contribution >= 4 is 11.7 Å². The van der Waals surface area contributed by atoms with Crippen LogP contribution in [0, 0.1) is 5.92 Å². The topological polar surface area (TPSA) is 44.8 Å². The van der Waals surface area contributed by atoms with Crippen molar-refractivity contribution in [3.8, 4) is 0 Å². The molecule has 2 amide bonds. The second-order valence-electron chi connectivity index (χ2n) is 7.41. The van der Waals surface area contributed by atoms with Crippen molar-refractivity contribution in [3.05, 3.63) is 29.3 Å². The zero-order chi connectivity index (χ0) is 17.6. The van der Waals surface area contributed by atoms with E-state index in [9.17, 15) is 4.79 Å². The number of likely N-dealkylation sites (tertiary alicyclic amines) is 1. The van der Waals surface area contributed by atoms with Crippen molar-refractivity contribution in [1.82, 2.24) is 9.80 Å². The molecule has 0 saturated carbocycles. The number of carbonyl (C=O) groups excluding carboxylic acids is 1. The molecule has 1 heterocycles. The average molecular weight is 345 g/mol. The Hall–Kier alpha value is -1.59. The molecule has 2 aliphatic rings. The summed E-state index contributed by atoms with van der Waals surface area (Å²) in [6, 6.07) is 6.27. The molecule has 25 heavy (non-hydrogen) atoms. The molecule has 1 aromatic rings. The number of nitrogens with zero attached hydrogens (tertiary/aromatic N) is 2. The van der Waals surface area contributed by atoms with Gasteiger partial charge in [0.1, 0.15) is 0 Å². The van der Waals surface area contributed by atoms with Gasteiger partial charge in [-0.15, -0.1) is 0 Å². The molecular formula is C20H31N3O2. The Labute approximate surface area is 151 Å². The van der Waals surface area contributed by atoms with Gasteiger partial charge >= 0.3 is 6.03 Å². The molecule has 5 nitrogen and oxygen atoms in total. The minimum Gasteiger partial charge on any atom is -0.383 e. The summed E-state index contributed by atoms with van der Waals surface area (Å²) in [6.45, 7) is 4.78. The Morgan fingerprint density at radius 3 is 3.08 bits per heavy atom. The van der Waals surface area contributed by atoms with Gasteiger partial charge in [-0.25, -0.2) is 4.79 Å². The van der Waals surface area contributed by atoms with E-state index in [0.717, 1.165) is 51.3 Å². The predicted molar refractivity (Wildman–Crippen MR) is 101 cm³/mol. The van der Waals surface area contributed by atoms with Crippen LogP contribution in [0.15, 0.2) is 18.2 Å². The van der Waals surface area contributed by atoms with Crippen LogP contribution in [0.4, 0.5) is 10.5 Å². The number of amides is 2. The van der Waals surface area contributed by atoms with Crippen molar-refractivity contribution < 1.29 is 9.53 Å². The first-order chi connectivity index (χ1) is 12.2. The van der Waals surface area contributed by atoms with Crippen molar-refractivity contribution in [2.45, 2.75) is 32.1 Å². The van der Waals surface area contributed by atoms with Gasteiger partial charge in [-0.1, -0.05) is 12.1 Å². The van der Waals surface area contributed by atoms with Crippen molar-refractivity contribution in [3.63, 3.8) is 0 Å². The van der Waals surface area contributed by atoms with E-state index in [4.69, 9.17) is 4.74 Å². The second-order valence-corrected chi connectivity index (χ2v) is 7.41. The van der Waals surface area contributed by atoms with Crippen LogP contribution in [0.5, 0.6) is 0 Å². The number of hydrogen-bond acceptors (Lipinski definition) is 3. The monoisotopic (exact) mass is 345 g/mol. The molecule has 1 aromatic carbocycles. The second kappa shape index (κ2) is 8.68. The van der Waals surface area contributed by atoms with Crippen LogP contribution in [0.2, 0.25) is 0 Å². The molecule has 1 N–H and O–H groups in total. The molecule has 1 saturated heterocycles. The fourth-order valence-corrected chi connectivity index (χ4v) is 4.14. The quantitative estimate of drug-likeness (QED) is 0.862. The molecule has 5 heteroatoms. The highest BCUT2D eigenvalue weighted by Gasteiger charge is 2.23. The van der Waals surface area contributed by atoms with Gasteiger partial charge in [0.2, 0.25) is 0 Å². The van der Waals surface area contributed by atoms with Crippen LogP contribution in [-0.2, 0) is 17.6 Å². The number of piperidine rings is 1. The van der Waals surface area contributed by atoms with Gasteiger partial charge in [0.25, 0.3) is 0 Å². The third-order valence-corrected chi connectivity index (χ3v) is 5.48. The van der Waals surface area contributed by atoms with E-state index in [0.29, 0.717) is 5.92 Å². The maximum Gasteiger partial charge on any atom is 0.321 e. The fraction of sp³-hybridized carbons (Fsp3) is 0.650. The average Bonchev–Trinajstić information content (AvgIpc) is 3.10. The zero-order valence-electron chi connectivity index (χ0n) is 15.6. The highest BCUT2D eigenvalue weighted by Crippen LogP contribution is 2.29. The summed E-state index contributed by atoms with van der Waals surface area (Å²) >= 11 is 0. The normalized spacial score (nSPS) is 20.3. The lowest BCUT2D eigenvalue weighted by Crippen LogP contribution is -2.43. The van der Waals surface area contributed by atoms with Gasteiger partial charge in [0, 0.05) is 39.5 Å². The lowest BCUT2D eigenvalue weighted by molar-refractivity contribution is 0.106. The summed E-state index contributed by atoms with van der Waals surface area (Å²) in [5.41, 5.74) is 3.71. The third kappa shape index (κ3) is 4.73. The van der Waals surface area contributed by atoms with Gasteiger partial charge in [0.15, 0.2) is 0 Å². The molecule has 1 aliphatic heterocycles. The van der Waals surface area contributed by atoms with E-state index in [1.807, 2.05) is 18.0 Å². The number of benzene rings is 1. The number of carbonyl (C=O) groups is 1. The van der Waals surface area contributed by atoms with Gasteiger partial charge in [0.05, 0.1) is 6.61 Å². The van der Waals surface area contributed by atoms with E-state index >= 15 is 0 Å². The maximum absolute atomic E-state index is 12.6. The standard InChI is InChI=1S/C20H31N3O2/c1-22(14-16-6-5-11-23(15-16)12-13-25-2)20(24)21-19-10-4-8-17-7-3-9-18(17)19/h4,8,10,16H,3,5-7,9,11-15H2,1-2H3,(H,21,24). The molecule has 0 radical (unpaired) electrons. The molecule has 0 aromatic heterocycles. The van der Waals surface area contributed by atoms with Crippen LogP contribution in [0.1, 0.15) is 30.4 Å². The Morgan fingerprint density at radius 2 is 2.24 bits per heavy atom. The summed E-state index contributed by atoms with van der Waals surface area (Å²) in [5.74, 6) is 0.544. The smallest absolute Gasteiger partial charge is 0.321 e. The number of ether oxygens (including phenoxy) is 1. The van der Waals surface area contributed by atoms with Gasteiger partial charge in [-0.3, -0.25) is 0 Å². The number of methoxy groups -OCH3 is 1. The first-order valence-corrected chi connectivity index (χ1v) is 9.51. The first kappa shape index (κ1) is 18.2. The highest BCUT2D eigenvalue weighted by molar-refractivity contribution is 5.90. The van der Waals surface area contributed by atoms with Crippen LogP contribution in [0.3, 0.4) is 0 Å². The molecule has 0 bridgehead atoms. The molecule has 1 fully saturated rings. The molecule has 0 spiro atoms. The van der Waals surface area contributed by atoms with E-state index in [2.05, 4.69) is 22.3 Å². The number of aryl methyl sites for hydroxylation is 1. The Balaban J connectivity index is 1.52. The Kier molecular flexibility index (Phi) is 6.32. The SMILES string of the molecule is COCCN1CCCC(CN(C)C(=O)Nc2cccc3c2CCC3)C1. The first-order valence-electron chi connectivity index (χ1n) is 9.51. The largest absolute Gasteiger partial charge is 0.383 e. The fourth-order valence-electron chi connectivity index (χ4n) is 4.14. The minimum atomic E-state index is 0.00862. The Bertz CT molecular complexity index is 590. The minimum absolute atomic E-state index is 0.00862. The van der Waals surface area contributed by atoms with Gasteiger partial charge in [-0.05, 0) is 61.8 Å². The highest BCUT2D eigenvalue weighted by atomic mass is 16.5. The van der Waals surface area contributed by atoms with Crippen LogP contribution in [0.25, 0.3) is 0 Å². The van der Waals surface area contributed by atoms with E-state index in [1.54, 1.807) is 7.11 Å². The summed E-state index contributed by atoms with van der Waals surface area (Å²) < 4.78 is 5.19. The molecule has 3 rings (SSSR count). The number of fused-ring (bicyclic) bond motifs is 1. The van der Waals surface area contributed by atoms with Crippen LogP contribution >= 0.6 is 0 Å². The van der Waals surface area contributed by atoms with Crippen molar-refractivity contribution in [1.29, 1.82) is 0 Å². The van der Waals surface area contributed by atoms with Gasteiger partial charge < -0.3 is 19.9 Å². The number of anilines is 1. The number of rotatable bonds is 6. The summed E-state index contributed by atoms with van der Waals surface area (Å²) in [7, 11) is 3.66. The summed E-state index contributed by atoms with van der Waals surface area (Å²) in [6.07, 6.45) is 5.80. The van der Waals surface area contributed by atoms with Crippen LogP contribution in [-0.4, -0.2) is 62.8 Å². The number of hydrogen-bond donors (Lipinski definition) is 1. The van der Waals surface area contributed by atoms with Crippen molar-refractivity contribution in [2.24, 2.45) is 5.92 Å². The van der Waals surface area contributed by atoms with Gasteiger partial charge in [-0.2, -0.15) is 0 Å². The van der Waals surface area contributed by atoms with Crippen molar-refractivity contribution in [2.75, 3.05) is 52.3 Å². The summed E-state index contributed by atoms with van der Waals surface area (Å²) in [5, 5.41) is 3.13. The number of urea groups is 1. The predicted octanol–water partition coefficient (Wildman–Crippen LogP) is 3.00. The third-order valence-electron chi connectivity index (χ3n) is 5.48. The lowest BCUT2D eigenvalue weighted by atomic mass is 9.97. The van der Waals surface area contributed by atoms with E-state index in [-0.39, 0.29) is 6.03 Å². The lowest BCUT2D eigenvalue weighted by Gasteiger charge is -2.34. The zero-order valence-corrected chi connectivity index (χ0v) is 15.6. The molecule has 1 aliphatic carbocycles. The number of nitrogens with one attached hydrogen (secondary N) is 1. The molecule has 138 valence electrons. The Morgan fingerprint density at radius 1 is 1.36 bits per heavy atom. The summed E-state index contributed by atoms with van der Waals surface area (Å²) in [4.78, 5) is 16.9. The van der Waals surface area contributed by atoms with E-state index < -0.39 is 0 Å². The van der Waals surface area contributed by atoms with E-state index in [1.165, 1.54) is 30.4 Å².